The Morgan fingerprint density at radius 2 is 1.88 bits per heavy atom. The number of hydrogen-bond donors (Lipinski definition) is 0. The third kappa shape index (κ3) is 3.17. The first-order valence-corrected chi connectivity index (χ1v) is 9.76. The van der Waals surface area contributed by atoms with Gasteiger partial charge in [0, 0.05) is 31.6 Å². The molecule has 26 heavy (non-hydrogen) atoms. The summed E-state index contributed by atoms with van der Waals surface area (Å²) in [5, 5.41) is 0.970. The summed E-state index contributed by atoms with van der Waals surface area (Å²) in [6.07, 6.45) is 0. The van der Waals surface area contributed by atoms with Crippen molar-refractivity contribution >= 4 is 29.7 Å². The molecule has 2 fully saturated rings. The van der Waals surface area contributed by atoms with Crippen LogP contribution in [-0.4, -0.2) is 47.4 Å². The van der Waals surface area contributed by atoms with Crippen molar-refractivity contribution in [3.8, 4) is 0 Å². The second-order valence-electron chi connectivity index (χ2n) is 7.52. The predicted octanol–water partition coefficient (Wildman–Crippen LogP) is 3.87. The fourth-order valence-electron chi connectivity index (χ4n) is 4.68. The summed E-state index contributed by atoms with van der Waals surface area (Å²) in [6.45, 7) is 8.88. The van der Waals surface area contributed by atoms with Crippen LogP contribution in [0, 0.1) is 32.6 Å². The quantitative estimate of drug-likeness (QED) is 0.779. The number of amides is 1. The van der Waals surface area contributed by atoms with E-state index in [4.69, 9.17) is 0 Å². The molecule has 0 unspecified atom stereocenters. The molecular weight excluding hydrogens is 366 g/mol. The fourth-order valence-corrected chi connectivity index (χ4v) is 5.57. The zero-order valence-electron chi connectivity index (χ0n) is 15.7. The highest BCUT2D eigenvalue weighted by molar-refractivity contribution is 7.13. The van der Waals surface area contributed by atoms with Crippen LogP contribution >= 0.6 is 23.7 Å². The molecule has 2 aromatic rings. The number of fused-ring (bicyclic) bond motifs is 1. The summed E-state index contributed by atoms with van der Waals surface area (Å²) >= 11 is 1.52. The van der Waals surface area contributed by atoms with Gasteiger partial charge in [-0.25, -0.2) is 4.98 Å². The molecule has 2 aliphatic heterocycles. The van der Waals surface area contributed by atoms with Gasteiger partial charge >= 0.3 is 0 Å². The average molecular weight is 392 g/mol. The highest BCUT2D eigenvalue weighted by Crippen LogP contribution is 2.45. The van der Waals surface area contributed by atoms with Crippen molar-refractivity contribution in [2.75, 3.05) is 26.7 Å². The molecule has 140 valence electrons. The van der Waals surface area contributed by atoms with Crippen molar-refractivity contribution < 1.29 is 4.79 Å². The molecule has 1 aromatic carbocycles. The lowest BCUT2D eigenvalue weighted by atomic mass is 9.88. The first-order valence-electron chi connectivity index (χ1n) is 8.94. The smallest absolute Gasteiger partial charge is 0.265 e. The van der Waals surface area contributed by atoms with Gasteiger partial charge in [0.1, 0.15) is 4.88 Å². The summed E-state index contributed by atoms with van der Waals surface area (Å²) in [6, 6.07) is 9.08. The first-order chi connectivity index (χ1) is 12.0. The van der Waals surface area contributed by atoms with Gasteiger partial charge in [-0.15, -0.1) is 23.7 Å². The van der Waals surface area contributed by atoms with Gasteiger partial charge in [0.15, 0.2) is 0 Å². The highest BCUT2D eigenvalue weighted by Gasteiger charge is 2.47. The van der Waals surface area contributed by atoms with E-state index in [1.54, 1.807) is 0 Å². The van der Waals surface area contributed by atoms with Gasteiger partial charge in [0.2, 0.25) is 0 Å². The Morgan fingerprint density at radius 3 is 2.54 bits per heavy atom. The van der Waals surface area contributed by atoms with Crippen molar-refractivity contribution in [3.05, 3.63) is 51.0 Å². The molecule has 0 saturated carbocycles. The third-order valence-electron chi connectivity index (χ3n) is 5.79. The normalized spacial score (nSPS) is 25.2. The van der Waals surface area contributed by atoms with Crippen LogP contribution in [0.4, 0.5) is 0 Å². The summed E-state index contributed by atoms with van der Waals surface area (Å²) in [5.41, 5.74) is 3.63. The molecule has 0 radical (unpaired) electrons. The zero-order chi connectivity index (χ0) is 17.7. The fraction of sp³-hybridized carbons (Fsp3) is 0.500. The van der Waals surface area contributed by atoms with E-state index in [0.717, 1.165) is 35.2 Å². The molecule has 6 heteroatoms. The van der Waals surface area contributed by atoms with Crippen LogP contribution in [0.2, 0.25) is 0 Å². The second kappa shape index (κ2) is 7.29. The topological polar surface area (TPSA) is 36.4 Å². The number of likely N-dealkylation sites (tertiary alicyclic amines) is 2. The Bertz CT molecular complexity index is 821. The molecule has 0 aliphatic carbocycles. The minimum absolute atomic E-state index is 0. The molecular formula is C20H26ClN3OS. The number of aryl methyl sites for hydroxylation is 3. The van der Waals surface area contributed by atoms with Crippen molar-refractivity contribution in [1.82, 2.24) is 14.8 Å². The molecule has 0 N–H and O–H groups in total. The van der Waals surface area contributed by atoms with Crippen LogP contribution in [0.25, 0.3) is 0 Å². The number of carbonyl (C=O) groups is 1. The molecule has 1 aromatic heterocycles. The van der Waals surface area contributed by atoms with Gasteiger partial charge < -0.3 is 4.90 Å². The lowest BCUT2D eigenvalue weighted by Crippen LogP contribution is -2.33. The molecule has 2 aliphatic rings. The van der Waals surface area contributed by atoms with Crippen LogP contribution in [0.1, 0.15) is 37.5 Å². The number of aromatic nitrogens is 1. The molecule has 4 rings (SSSR count). The van der Waals surface area contributed by atoms with Gasteiger partial charge in [-0.3, -0.25) is 9.69 Å². The van der Waals surface area contributed by atoms with Crippen LogP contribution in [0.5, 0.6) is 0 Å². The average Bonchev–Trinajstić information content (AvgIpc) is 3.20. The molecule has 1 amide bonds. The predicted molar refractivity (Wildman–Crippen MR) is 108 cm³/mol. The van der Waals surface area contributed by atoms with E-state index in [9.17, 15) is 4.79 Å². The molecule has 0 spiro atoms. The van der Waals surface area contributed by atoms with E-state index in [0.29, 0.717) is 17.9 Å². The van der Waals surface area contributed by atoms with E-state index in [-0.39, 0.29) is 18.3 Å². The summed E-state index contributed by atoms with van der Waals surface area (Å²) in [7, 11) is 2.22. The minimum atomic E-state index is 0. The van der Waals surface area contributed by atoms with Crippen molar-refractivity contribution in [3.63, 3.8) is 0 Å². The number of rotatable bonds is 2. The lowest BCUT2D eigenvalue weighted by molar-refractivity contribution is 0.0771. The monoisotopic (exact) mass is 391 g/mol. The summed E-state index contributed by atoms with van der Waals surface area (Å²) in [4.78, 5) is 22.8. The van der Waals surface area contributed by atoms with Crippen LogP contribution in [-0.2, 0) is 0 Å². The summed E-state index contributed by atoms with van der Waals surface area (Å²) in [5.74, 6) is 1.25. The number of hydrogen-bond acceptors (Lipinski definition) is 4. The second-order valence-corrected chi connectivity index (χ2v) is 8.73. The van der Waals surface area contributed by atoms with Gasteiger partial charge in [0.05, 0.1) is 10.7 Å². The Hall–Kier alpha value is -1.43. The van der Waals surface area contributed by atoms with E-state index >= 15 is 0 Å². The molecule has 4 nitrogen and oxygen atoms in total. The van der Waals surface area contributed by atoms with Crippen molar-refractivity contribution in [2.45, 2.75) is 26.8 Å². The number of nitrogens with zero attached hydrogens (tertiary/aromatic N) is 3. The molecule has 0 bridgehead atoms. The number of thiazole rings is 1. The van der Waals surface area contributed by atoms with Crippen molar-refractivity contribution in [1.29, 1.82) is 0 Å². The van der Waals surface area contributed by atoms with Gasteiger partial charge in [-0.05, 0) is 44.9 Å². The van der Waals surface area contributed by atoms with E-state index in [1.165, 1.54) is 22.5 Å². The van der Waals surface area contributed by atoms with E-state index in [2.05, 4.69) is 53.0 Å². The Morgan fingerprint density at radius 1 is 1.15 bits per heavy atom. The largest absolute Gasteiger partial charge is 0.337 e. The summed E-state index contributed by atoms with van der Waals surface area (Å²) < 4.78 is 0. The Labute approximate surface area is 165 Å². The van der Waals surface area contributed by atoms with Crippen LogP contribution in [0.3, 0.4) is 0 Å². The van der Waals surface area contributed by atoms with Crippen LogP contribution in [0.15, 0.2) is 24.3 Å². The van der Waals surface area contributed by atoms with Crippen molar-refractivity contribution in [2.24, 2.45) is 11.8 Å². The minimum Gasteiger partial charge on any atom is -0.337 e. The maximum Gasteiger partial charge on any atom is 0.265 e. The highest BCUT2D eigenvalue weighted by atomic mass is 35.5. The molecule has 3 atom stereocenters. The molecule has 2 saturated heterocycles. The van der Waals surface area contributed by atoms with Gasteiger partial charge in [-0.1, -0.05) is 24.3 Å². The first kappa shape index (κ1) is 19.3. The number of halogens is 1. The lowest BCUT2D eigenvalue weighted by Gasteiger charge is -2.28. The molecule has 3 heterocycles. The van der Waals surface area contributed by atoms with Gasteiger partial charge in [0.25, 0.3) is 5.91 Å². The third-order valence-corrected chi connectivity index (χ3v) is 6.85. The maximum atomic E-state index is 13.0. The Kier molecular flexibility index (Phi) is 5.42. The SMILES string of the molecule is Cc1nc(C)c(C(=O)N2C[C@@H]3CN(C)[C@H](c4ccccc4C)[C@@H]3C2)s1.Cl. The Balaban J connectivity index is 0.00000196. The van der Waals surface area contributed by atoms with E-state index < -0.39 is 0 Å². The zero-order valence-corrected chi connectivity index (χ0v) is 17.4. The van der Waals surface area contributed by atoms with E-state index in [1.807, 2.05) is 13.8 Å². The number of carbonyl (C=O) groups excluding carboxylic acids is 1. The number of benzene rings is 1. The standard InChI is InChI=1S/C20H25N3OS.ClH/c1-12-7-5-6-8-16(12)18-17-11-23(10-15(17)9-22(18)4)20(24)19-13(2)21-14(3)25-19;/h5-8,15,17-18H,9-11H2,1-4H3;1H/t15-,17+,18+;/m0./s1. The maximum absolute atomic E-state index is 13.0. The van der Waals surface area contributed by atoms with Crippen LogP contribution < -0.4 is 0 Å². The van der Waals surface area contributed by atoms with Gasteiger partial charge in [-0.2, -0.15) is 0 Å².